The van der Waals surface area contributed by atoms with E-state index in [1.165, 1.54) is 0 Å². The van der Waals surface area contributed by atoms with Crippen LogP contribution in [0.5, 0.6) is 0 Å². The van der Waals surface area contributed by atoms with Gasteiger partial charge in [0.1, 0.15) is 17.7 Å². The second-order valence-electron chi connectivity index (χ2n) is 4.88. The molecule has 2 amide bonds. The first-order valence-corrected chi connectivity index (χ1v) is 7.46. The van der Waals surface area contributed by atoms with E-state index in [4.69, 9.17) is 5.73 Å². The average Bonchev–Trinajstić information content (AvgIpc) is 2.48. The molecule has 0 fully saturated rings. The first-order chi connectivity index (χ1) is 10.9. The quantitative estimate of drug-likeness (QED) is 0.833. The number of hydrogen-bond donors (Lipinski definition) is 2. The highest BCUT2D eigenvalue weighted by atomic mass is 79.9. The Bertz CT molecular complexity index is 735. The van der Waals surface area contributed by atoms with Gasteiger partial charge in [-0.2, -0.15) is 0 Å². The van der Waals surface area contributed by atoms with Crippen LogP contribution in [0.2, 0.25) is 0 Å². The van der Waals surface area contributed by atoms with E-state index in [-0.39, 0.29) is 12.0 Å². The molecule has 23 heavy (non-hydrogen) atoms. The molecular weight excluding hydrogens is 370 g/mol. The molecule has 0 aliphatic rings. The predicted molar refractivity (Wildman–Crippen MR) is 84.7 cm³/mol. The van der Waals surface area contributed by atoms with Crippen molar-refractivity contribution in [3.8, 4) is 0 Å². The third-order valence-corrected chi connectivity index (χ3v) is 3.71. The molecule has 0 saturated carbocycles. The lowest BCUT2D eigenvalue weighted by atomic mass is 10.0. The molecule has 0 bridgehead atoms. The van der Waals surface area contributed by atoms with E-state index >= 15 is 0 Å². The fourth-order valence-corrected chi connectivity index (χ4v) is 2.25. The zero-order chi connectivity index (χ0) is 17.0. The normalized spacial score (nSPS) is 11.8. The first-order valence-electron chi connectivity index (χ1n) is 6.66. The SMILES string of the molecule is NC(=O)[C@H](Cc1ccc(Br)cc1)NC(=O)c1ccc(F)cc1F. The molecule has 1 atom stereocenters. The van der Waals surface area contributed by atoms with Crippen LogP contribution in [0.25, 0.3) is 0 Å². The van der Waals surface area contributed by atoms with Crippen molar-refractivity contribution in [1.82, 2.24) is 5.32 Å². The van der Waals surface area contributed by atoms with Gasteiger partial charge in [-0.3, -0.25) is 9.59 Å². The van der Waals surface area contributed by atoms with Gasteiger partial charge in [0.15, 0.2) is 0 Å². The van der Waals surface area contributed by atoms with Gasteiger partial charge in [0.05, 0.1) is 5.56 Å². The van der Waals surface area contributed by atoms with Crippen LogP contribution in [-0.2, 0) is 11.2 Å². The largest absolute Gasteiger partial charge is 0.368 e. The Labute approximate surface area is 139 Å². The molecule has 2 rings (SSSR count). The summed E-state index contributed by atoms with van der Waals surface area (Å²) in [5.74, 6) is -3.37. The molecule has 0 aliphatic carbocycles. The van der Waals surface area contributed by atoms with E-state index in [9.17, 15) is 18.4 Å². The highest BCUT2D eigenvalue weighted by Crippen LogP contribution is 2.13. The van der Waals surface area contributed by atoms with Crippen LogP contribution in [0.3, 0.4) is 0 Å². The van der Waals surface area contributed by atoms with Crippen molar-refractivity contribution in [1.29, 1.82) is 0 Å². The summed E-state index contributed by atoms with van der Waals surface area (Å²) in [7, 11) is 0. The number of rotatable bonds is 5. The molecule has 7 heteroatoms. The Balaban J connectivity index is 2.14. The van der Waals surface area contributed by atoms with Gasteiger partial charge in [-0.05, 0) is 29.8 Å². The van der Waals surface area contributed by atoms with E-state index in [2.05, 4.69) is 21.2 Å². The number of nitrogens with one attached hydrogen (secondary N) is 1. The molecule has 0 aliphatic heterocycles. The Kier molecular flexibility index (Phi) is 5.44. The van der Waals surface area contributed by atoms with Crippen molar-refractivity contribution in [2.45, 2.75) is 12.5 Å². The summed E-state index contributed by atoms with van der Waals surface area (Å²) in [6, 6.07) is 8.68. The molecule has 0 saturated heterocycles. The van der Waals surface area contributed by atoms with Crippen molar-refractivity contribution in [3.05, 3.63) is 69.7 Å². The van der Waals surface area contributed by atoms with E-state index in [1.54, 1.807) is 24.3 Å². The lowest BCUT2D eigenvalue weighted by Crippen LogP contribution is -2.46. The second kappa shape index (κ2) is 7.32. The van der Waals surface area contributed by atoms with Gasteiger partial charge >= 0.3 is 0 Å². The number of primary amides is 1. The summed E-state index contributed by atoms with van der Waals surface area (Å²) in [5.41, 5.74) is 5.71. The minimum Gasteiger partial charge on any atom is -0.368 e. The maximum atomic E-state index is 13.6. The van der Waals surface area contributed by atoms with Gasteiger partial charge in [-0.15, -0.1) is 0 Å². The third kappa shape index (κ3) is 4.59. The molecule has 0 unspecified atom stereocenters. The minimum absolute atomic E-state index is 0.164. The van der Waals surface area contributed by atoms with E-state index in [0.717, 1.165) is 22.2 Å². The molecule has 0 aromatic heterocycles. The molecule has 4 nitrogen and oxygen atoms in total. The molecule has 0 radical (unpaired) electrons. The summed E-state index contributed by atoms with van der Waals surface area (Å²) in [6.45, 7) is 0. The average molecular weight is 383 g/mol. The van der Waals surface area contributed by atoms with Gasteiger partial charge in [-0.25, -0.2) is 8.78 Å². The summed E-state index contributed by atoms with van der Waals surface area (Å²) in [4.78, 5) is 23.6. The van der Waals surface area contributed by atoms with Crippen LogP contribution in [-0.4, -0.2) is 17.9 Å². The lowest BCUT2D eigenvalue weighted by molar-refractivity contribution is -0.119. The van der Waals surface area contributed by atoms with Gasteiger partial charge in [-0.1, -0.05) is 28.1 Å². The Morgan fingerprint density at radius 3 is 2.35 bits per heavy atom. The van der Waals surface area contributed by atoms with Crippen molar-refractivity contribution in [2.24, 2.45) is 5.73 Å². The van der Waals surface area contributed by atoms with Crippen molar-refractivity contribution in [2.75, 3.05) is 0 Å². The van der Waals surface area contributed by atoms with Gasteiger partial charge in [0.25, 0.3) is 5.91 Å². The van der Waals surface area contributed by atoms with Crippen LogP contribution in [0, 0.1) is 11.6 Å². The predicted octanol–water partition coefficient (Wildman–Crippen LogP) is 2.55. The molecule has 0 heterocycles. The van der Waals surface area contributed by atoms with Crippen molar-refractivity contribution < 1.29 is 18.4 Å². The summed E-state index contributed by atoms with van der Waals surface area (Å²) >= 11 is 3.29. The van der Waals surface area contributed by atoms with Crippen LogP contribution in [0.4, 0.5) is 8.78 Å². The highest BCUT2D eigenvalue weighted by Gasteiger charge is 2.21. The fraction of sp³-hybridized carbons (Fsp3) is 0.125. The zero-order valence-electron chi connectivity index (χ0n) is 11.9. The van der Waals surface area contributed by atoms with E-state index < -0.39 is 29.5 Å². The molecule has 3 N–H and O–H groups in total. The van der Waals surface area contributed by atoms with Crippen molar-refractivity contribution >= 4 is 27.7 Å². The Morgan fingerprint density at radius 2 is 1.78 bits per heavy atom. The fourth-order valence-electron chi connectivity index (χ4n) is 1.99. The smallest absolute Gasteiger partial charge is 0.254 e. The van der Waals surface area contributed by atoms with Crippen LogP contribution in [0.15, 0.2) is 46.9 Å². The summed E-state index contributed by atoms with van der Waals surface area (Å²) < 4.78 is 27.3. The van der Waals surface area contributed by atoms with Gasteiger partial charge < -0.3 is 11.1 Å². The first kappa shape index (κ1) is 17.1. The van der Waals surface area contributed by atoms with Gasteiger partial charge in [0, 0.05) is 17.0 Å². The number of nitrogens with two attached hydrogens (primary N) is 1. The Morgan fingerprint density at radius 1 is 1.13 bits per heavy atom. The van der Waals surface area contributed by atoms with Crippen LogP contribution < -0.4 is 11.1 Å². The van der Waals surface area contributed by atoms with Crippen LogP contribution >= 0.6 is 15.9 Å². The number of amides is 2. The topological polar surface area (TPSA) is 72.2 Å². The summed E-state index contributed by atoms with van der Waals surface area (Å²) in [6.07, 6.45) is 0.164. The van der Waals surface area contributed by atoms with Gasteiger partial charge in [0.2, 0.25) is 5.91 Å². The standard InChI is InChI=1S/C16H13BrF2N2O2/c17-10-3-1-9(2-4-10)7-14(15(20)22)21-16(23)12-6-5-11(18)8-13(12)19/h1-6,8,14H,7H2,(H2,20,22)(H,21,23)/t14-/m0/s1. The zero-order valence-corrected chi connectivity index (χ0v) is 13.4. The molecule has 2 aromatic rings. The molecule has 0 spiro atoms. The van der Waals surface area contributed by atoms with E-state index in [0.29, 0.717) is 6.07 Å². The minimum atomic E-state index is -1.01. The number of carbonyl (C=O) groups is 2. The molecular formula is C16H13BrF2N2O2. The molecule has 2 aromatic carbocycles. The maximum Gasteiger partial charge on any atom is 0.254 e. The van der Waals surface area contributed by atoms with E-state index in [1.807, 2.05) is 0 Å². The third-order valence-electron chi connectivity index (χ3n) is 3.18. The van der Waals surface area contributed by atoms with Crippen molar-refractivity contribution in [3.63, 3.8) is 0 Å². The number of carbonyl (C=O) groups excluding carboxylic acids is 2. The Hall–Kier alpha value is -2.28. The maximum absolute atomic E-state index is 13.6. The summed E-state index contributed by atoms with van der Waals surface area (Å²) in [5, 5.41) is 2.37. The highest BCUT2D eigenvalue weighted by molar-refractivity contribution is 9.10. The lowest BCUT2D eigenvalue weighted by Gasteiger charge is -2.16. The van der Waals surface area contributed by atoms with Crippen LogP contribution in [0.1, 0.15) is 15.9 Å². The molecule has 120 valence electrons. The monoisotopic (exact) mass is 382 g/mol. The second-order valence-corrected chi connectivity index (χ2v) is 5.80. The number of hydrogen-bond acceptors (Lipinski definition) is 2. The number of benzene rings is 2. The number of halogens is 3.